The molecule has 1 heterocycles. The lowest BCUT2D eigenvalue weighted by molar-refractivity contribution is 0.0786. The first kappa shape index (κ1) is 15.0. The van der Waals surface area contributed by atoms with E-state index < -0.39 is 8.07 Å². The minimum absolute atomic E-state index is 0.538. The number of rotatable bonds is 6. The number of aromatic nitrogens is 2. The third-order valence-corrected chi connectivity index (χ3v) is 4.91. The Bertz CT molecular complexity index is 558. The molecule has 0 spiro atoms. The normalized spacial score (nSPS) is 11.8. The van der Waals surface area contributed by atoms with Crippen molar-refractivity contribution >= 4 is 8.07 Å². The number of hydrogen-bond acceptors (Lipinski definition) is 2. The summed E-state index contributed by atoms with van der Waals surface area (Å²) < 4.78 is 7.57. The maximum Gasteiger partial charge on any atom is 0.139 e. The average molecular weight is 288 g/mol. The highest BCUT2D eigenvalue weighted by atomic mass is 28.3. The van der Waals surface area contributed by atoms with E-state index >= 15 is 0 Å². The predicted molar refractivity (Wildman–Crippen MR) is 86.5 cm³/mol. The van der Waals surface area contributed by atoms with Crippen LogP contribution < -0.4 is 0 Å². The van der Waals surface area contributed by atoms with E-state index in [4.69, 9.17) is 4.74 Å². The molecule has 0 saturated heterocycles. The smallest absolute Gasteiger partial charge is 0.139 e. The molecule has 0 aliphatic rings. The molecule has 4 heteroatoms. The number of ether oxygens (including phenoxy) is 1. The first-order chi connectivity index (χ1) is 9.44. The van der Waals surface area contributed by atoms with Crippen molar-refractivity contribution in [1.29, 1.82) is 0 Å². The highest BCUT2D eigenvalue weighted by Gasteiger charge is 2.12. The second-order valence-electron chi connectivity index (χ2n) is 6.49. The van der Waals surface area contributed by atoms with Gasteiger partial charge in [-0.15, -0.1) is 0 Å². The molecule has 20 heavy (non-hydrogen) atoms. The highest BCUT2D eigenvalue weighted by molar-refractivity contribution is 6.76. The molecule has 0 fully saturated rings. The summed E-state index contributed by atoms with van der Waals surface area (Å²) in [6.07, 6.45) is 3.94. The van der Waals surface area contributed by atoms with Crippen molar-refractivity contribution in [1.82, 2.24) is 9.78 Å². The van der Waals surface area contributed by atoms with E-state index in [2.05, 4.69) is 55.9 Å². The number of nitrogens with zero attached hydrogens (tertiary/aromatic N) is 2. The average Bonchev–Trinajstić information content (AvgIpc) is 2.82. The van der Waals surface area contributed by atoms with Crippen LogP contribution in [0.15, 0.2) is 36.7 Å². The minimum atomic E-state index is -1.00. The predicted octanol–water partition coefficient (Wildman–Crippen LogP) is 4.17. The zero-order valence-electron chi connectivity index (χ0n) is 12.9. The van der Waals surface area contributed by atoms with Crippen LogP contribution in [0.4, 0.5) is 0 Å². The SMILES string of the molecule is Cc1cccc(-c2cnn(COCC[Si](C)(C)C)c2)c1. The molecule has 1 aromatic carbocycles. The first-order valence-electron chi connectivity index (χ1n) is 7.11. The van der Waals surface area contributed by atoms with Gasteiger partial charge in [-0.1, -0.05) is 49.5 Å². The molecule has 108 valence electrons. The van der Waals surface area contributed by atoms with Gasteiger partial charge in [-0.05, 0) is 18.5 Å². The third kappa shape index (κ3) is 4.61. The summed E-state index contributed by atoms with van der Waals surface area (Å²) >= 11 is 0. The summed E-state index contributed by atoms with van der Waals surface area (Å²) in [5, 5.41) is 4.36. The van der Waals surface area contributed by atoms with Gasteiger partial charge in [0.2, 0.25) is 0 Å². The van der Waals surface area contributed by atoms with Gasteiger partial charge in [0.25, 0.3) is 0 Å². The van der Waals surface area contributed by atoms with Gasteiger partial charge in [-0.3, -0.25) is 0 Å². The molecule has 2 aromatic rings. The lowest BCUT2D eigenvalue weighted by Crippen LogP contribution is -2.22. The quantitative estimate of drug-likeness (QED) is 0.589. The van der Waals surface area contributed by atoms with Crippen LogP contribution in [0.25, 0.3) is 11.1 Å². The second-order valence-corrected chi connectivity index (χ2v) is 12.1. The Morgan fingerprint density at radius 3 is 2.70 bits per heavy atom. The van der Waals surface area contributed by atoms with Gasteiger partial charge in [0.05, 0.1) is 6.20 Å². The Kier molecular flexibility index (Phi) is 4.78. The molecular formula is C16H24N2OSi. The standard InChI is InChI=1S/C16H24N2OSi/c1-14-6-5-7-15(10-14)16-11-17-18(12-16)13-19-8-9-20(2,3)4/h5-7,10-12H,8-9,13H2,1-4H3. The summed E-state index contributed by atoms with van der Waals surface area (Å²) in [7, 11) is -1.00. The van der Waals surface area contributed by atoms with Gasteiger partial charge in [0.1, 0.15) is 6.73 Å². The van der Waals surface area contributed by atoms with Crippen molar-refractivity contribution in [3.63, 3.8) is 0 Å². The van der Waals surface area contributed by atoms with E-state index in [1.54, 1.807) is 0 Å². The van der Waals surface area contributed by atoms with Gasteiger partial charge in [-0.25, -0.2) is 4.68 Å². The summed E-state index contributed by atoms with van der Waals surface area (Å²) in [5.74, 6) is 0. The van der Waals surface area contributed by atoms with Crippen LogP contribution in [0.5, 0.6) is 0 Å². The lowest BCUT2D eigenvalue weighted by Gasteiger charge is -2.15. The maximum absolute atomic E-state index is 5.70. The van der Waals surface area contributed by atoms with Gasteiger partial charge < -0.3 is 4.74 Å². The molecule has 0 N–H and O–H groups in total. The van der Waals surface area contributed by atoms with Gasteiger partial charge in [0, 0.05) is 26.4 Å². The number of hydrogen-bond donors (Lipinski definition) is 0. The van der Waals surface area contributed by atoms with Crippen molar-refractivity contribution in [3.8, 4) is 11.1 Å². The number of benzene rings is 1. The first-order valence-corrected chi connectivity index (χ1v) is 10.8. The largest absolute Gasteiger partial charge is 0.360 e. The summed E-state index contributed by atoms with van der Waals surface area (Å²) in [4.78, 5) is 0. The Hall–Kier alpha value is -1.39. The van der Waals surface area contributed by atoms with Crippen LogP contribution in [-0.2, 0) is 11.5 Å². The molecule has 0 radical (unpaired) electrons. The maximum atomic E-state index is 5.70. The van der Waals surface area contributed by atoms with Gasteiger partial charge in [0.15, 0.2) is 0 Å². The van der Waals surface area contributed by atoms with Crippen molar-refractivity contribution in [2.45, 2.75) is 39.3 Å². The second kappa shape index (κ2) is 6.37. The summed E-state index contributed by atoms with van der Waals surface area (Å²) in [6.45, 7) is 10.6. The molecule has 0 amide bonds. The Morgan fingerprint density at radius 2 is 2.00 bits per heavy atom. The van der Waals surface area contributed by atoms with E-state index in [9.17, 15) is 0 Å². The highest BCUT2D eigenvalue weighted by Crippen LogP contribution is 2.19. The third-order valence-electron chi connectivity index (χ3n) is 3.20. The van der Waals surface area contributed by atoms with E-state index in [1.807, 2.05) is 17.1 Å². The van der Waals surface area contributed by atoms with Crippen molar-refractivity contribution in [2.75, 3.05) is 6.61 Å². The van der Waals surface area contributed by atoms with E-state index in [0.717, 1.165) is 12.2 Å². The molecule has 1 aromatic heterocycles. The Balaban J connectivity index is 1.90. The van der Waals surface area contributed by atoms with Crippen LogP contribution in [-0.4, -0.2) is 24.5 Å². The monoisotopic (exact) mass is 288 g/mol. The van der Waals surface area contributed by atoms with Crippen LogP contribution in [0.3, 0.4) is 0 Å². The van der Waals surface area contributed by atoms with Crippen molar-refractivity contribution < 1.29 is 4.74 Å². The molecule has 2 rings (SSSR count). The zero-order valence-corrected chi connectivity index (χ0v) is 13.9. The summed E-state index contributed by atoms with van der Waals surface area (Å²) in [5.41, 5.74) is 3.61. The van der Waals surface area contributed by atoms with Gasteiger partial charge >= 0.3 is 0 Å². The topological polar surface area (TPSA) is 27.1 Å². The number of aryl methyl sites for hydroxylation is 1. The summed E-state index contributed by atoms with van der Waals surface area (Å²) in [6, 6.07) is 9.66. The zero-order chi connectivity index (χ0) is 14.6. The van der Waals surface area contributed by atoms with Gasteiger partial charge in [-0.2, -0.15) is 5.10 Å². The molecule has 3 nitrogen and oxygen atoms in total. The van der Waals surface area contributed by atoms with Crippen LogP contribution in [0.1, 0.15) is 5.56 Å². The van der Waals surface area contributed by atoms with E-state index in [-0.39, 0.29) is 0 Å². The van der Waals surface area contributed by atoms with Crippen molar-refractivity contribution in [3.05, 3.63) is 42.2 Å². The van der Waals surface area contributed by atoms with Crippen LogP contribution in [0, 0.1) is 6.92 Å². The molecule has 0 aliphatic carbocycles. The molecule has 0 unspecified atom stereocenters. The van der Waals surface area contributed by atoms with E-state index in [0.29, 0.717) is 6.73 Å². The van der Waals surface area contributed by atoms with Crippen molar-refractivity contribution in [2.24, 2.45) is 0 Å². The fourth-order valence-electron chi connectivity index (χ4n) is 1.94. The molecule has 0 saturated carbocycles. The fraction of sp³-hybridized carbons (Fsp3) is 0.438. The minimum Gasteiger partial charge on any atom is -0.360 e. The molecule has 0 bridgehead atoms. The lowest BCUT2D eigenvalue weighted by atomic mass is 10.1. The van der Waals surface area contributed by atoms with Crippen LogP contribution >= 0.6 is 0 Å². The Labute approximate surface area is 122 Å². The molecule has 0 atom stereocenters. The Morgan fingerprint density at radius 1 is 1.20 bits per heavy atom. The fourth-order valence-corrected chi connectivity index (χ4v) is 2.70. The van der Waals surface area contributed by atoms with Crippen LogP contribution in [0.2, 0.25) is 25.7 Å². The van der Waals surface area contributed by atoms with E-state index in [1.165, 1.54) is 17.2 Å². The molecule has 0 aliphatic heterocycles. The molecular weight excluding hydrogens is 264 g/mol.